The molecule has 0 aliphatic carbocycles. The maximum atomic E-state index is 10.6. The maximum Gasteiger partial charge on any atom is 0.167 e. The van der Waals surface area contributed by atoms with Crippen LogP contribution in [0.1, 0.15) is 12.5 Å². The van der Waals surface area contributed by atoms with Crippen LogP contribution in [0.2, 0.25) is 0 Å². The number of aromatic nitrogens is 8. The lowest BCUT2D eigenvalue weighted by molar-refractivity contribution is -0.0290. The van der Waals surface area contributed by atoms with E-state index >= 15 is 0 Å². The van der Waals surface area contributed by atoms with E-state index in [1.165, 1.54) is 56.0 Å². The quantitative estimate of drug-likeness (QED) is 0.110. The molecule has 0 unspecified atom stereocenters. The number of nitrogens with zero attached hydrogens (tertiary/aromatic N) is 8. The van der Waals surface area contributed by atoms with Gasteiger partial charge in [0.1, 0.15) is 48.1 Å². The topological polar surface area (TPSA) is 239 Å². The van der Waals surface area contributed by atoms with Crippen molar-refractivity contribution in [1.29, 1.82) is 0 Å². The van der Waals surface area contributed by atoms with Gasteiger partial charge in [-0.15, -0.1) is 0 Å². The van der Waals surface area contributed by atoms with Gasteiger partial charge in [-0.25, -0.2) is 29.9 Å². The fourth-order valence-corrected chi connectivity index (χ4v) is 6.93. The molecule has 0 bridgehead atoms. The lowest BCUT2D eigenvalue weighted by Crippen LogP contribution is -2.33. The first-order valence-electron chi connectivity index (χ1n) is 11.5. The average Bonchev–Trinajstić information content (AvgIpc) is 3.66. The van der Waals surface area contributed by atoms with Gasteiger partial charge in [0, 0.05) is 11.5 Å². The fourth-order valence-electron chi connectivity index (χ4n) is 4.54. The summed E-state index contributed by atoms with van der Waals surface area (Å²) >= 11 is 0. The molecule has 2 saturated heterocycles. The number of nitrogen functional groups attached to an aromatic ring is 2. The number of anilines is 2. The Morgan fingerprint density at radius 3 is 1.50 bits per heavy atom. The van der Waals surface area contributed by atoms with Crippen molar-refractivity contribution in [2.24, 2.45) is 0 Å². The highest BCUT2D eigenvalue weighted by Gasteiger charge is 2.46. The van der Waals surface area contributed by atoms with Crippen molar-refractivity contribution in [2.75, 3.05) is 23.0 Å². The summed E-state index contributed by atoms with van der Waals surface area (Å²) in [6, 6.07) is 0. The van der Waals surface area contributed by atoms with Crippen LogP contribution in [-0.2, 0) is 9.47 Å². The second-order valence-electron chi connectivity index (χ2n) is 8.83. The standard InChI is InChI=1S/C20H24N10O6S2/c21-15-9-17(25-3-23-15)29(5-27-9)19-13(33)11(31)7(35-19)1-37-38-2-8-12(32)14(34)20(36-8)30-6-28-10-16(22)24-4-26-18(10)30/h3-8,11-14,19-20,31-34H,1-2H2,(H2,21,23,25)(H2,22,24,26)/t7-,8-,11+,12+,13-,14-,19-,20-/m1/s1. The summed E-state index contributed by atoms with van der Waals surface area (Å²) in [6.07, 6.45) is -2.43. The molecule has 6 rings (SSSR count). The van der Waals surface area contributed by atoms with E-state index in [4.69, 9.17) is 20.9 Å². The molecule has 8 atom stereocenters. The predicted octanol–water partition coefficient (Wildman–Crippen LogP) is -1.55. The third-order valence-electron chi connectivity index (χ3n) is 6.54. The number of hydrogen-bond donors (Lipinski definition) is 6. The number of rotatable bonds is 7. The van der Waals surface area contributed by atoms with Gasteiger partial charge in [-0.1, -0.05) is 21.6 Å². The van der Waals surface area contributed by atoms with Crippen LogP contribution >= 0.6 is 21.6 Å². The molecule has 0 radical (unpaired) electrons. The molecule has 8 N–H and O–H groups in total. The molecule has 0 aromatic carbocycles. The Labute approximate surface area is 221 Å². The van der Waals surface area contributed by atoms with E-state index in [9.17, 15) is 20.4 Å². The summed E-state index contributed by atoms with van der Waals surface area (Å²) in [6.45, 7) is 0. The van der Waals surface area contributed by atoms with Crippen molar-refractivity contribution in [3.8, 4) is 0 Å². The molecule has 2 aliphatic heterocycles. The summed E-state index contributed by atoms with van der Waals surface area (Å²) in [4.78, 5) is 24.5. The van der Waals surface area contributed by atoms with E-state index in [0.717, 1.165) is 0 Å². The van der Waals surface area contributed by atoms with E-state index in [2.05, 4.69) is 29.9 Å². The smallest absolute Gasteiger partial charge is 0.167 e. The predicted molar refractivity (Wildman–Crippen MR) is 136 cm³/mol. The van der Waals surface area contributed by atoms with E-state index in [1.54, 1.807) is 0 Å². The van der Waals surface area contributed by atoms with Gasteiger partial charge in [-0.2, -0.15) is 0 Å². The van der Waals surface area contributed by atoms with Crippen LogP contribution in [0.15, 0.2) is 25.3 Å². The normalized spacial score (nSPS) is 31.6. The highest BCUT2D eigenvalue weighted by atomic mass is 33.1. The Morgan fingerprint density at radius 2 is 1.08 bits per heavy atom. The Bertz CT molecular complexity index is 1350. The Morgan fingerprint density at radius 1 is 0.658 bits per heavy atom. The molecular weight excluding hydrogens is 540 g/mol. The number of nitrogens with two attached hydrogens (primary N) is 2. The van der Waals surface area contributed by atoms with Gasteiger partial charge in [0.15, 0.2) is 35.4 Å². The summed E-state index contributed by atoms with van der Waals surface area (Å²) < 4.78 is 14.9. The van der Waals surface area contributed by atoms with Gasteiger partial charge in [0.2, 0.25) is 0 Å². The molecule has 0 amide bonds. The largest absolute Gasteiger partial charge is 0.387 e. The Kier molecular flexibility index (Phi) is 6.72. The van der Waals surface area contributed by atoms with Crippen molar-refractivity contribution in [1.82, 2.24) is 39.0 Å². The lowest BCUT2D eigenvalue weighted by atomic mass is 10.1. The molecule has 2 aliphatic rings. The van der Waals surface area contributed by atoms with Gasteiger partial charge in [-0.3, -0.25) is 9.13 Å². The van der Waals surface area contributed by atoms with Gasteiger partial charge < -0.3 is 41.4 Å². The third kappa shape index (κ3) is 4.22. The lowest BCUT2D eigenvalue weighted by Gasteiger charge is -2.17. The van der Waals surface area contributed by atoms with Crippen LogP contribution in [-0.4, -0.2) is 108 Å². The molecule has 2 fully saturated rings. The highest BCUT2D eigenvalue weighted by Crippen LogP contribution is 2.38. The van der Waals surface area contributed by atoms with Gasteiger partial charge in [0.05, 0.1) is 24.9 Å². The minimum absolute atomic E-state index is 0.201. The van der Waals surface area contributed by atoms with Crippen LogP contribution in [0, 0.1) is 0 Å². The van der Waals surface area contributed by atoms with Crippen molar-refractivity contribution in [3.05, 3.63) is 25.3 Å². The molecule has 16 nitrogen and oxygen atoms in total. The zero-order valence-electron chi connectivity index (χ0n) is 19.5. The van der Waals surface area contributed by atoms with Crippen molar-refractivity contribution < 1.29 is 29.9 Å². The summed E-state index contributed by atoms with van der Waals surface area (Å²) in [5.41, 5.74) is 13.2. The average molecular weight is 565 g/mol. The van der Waals surface area contributed by atoms with E-state index in [1.807, 2.05) is 0 Å². The Hall–Kier alpha value is -2.84. The van der Waals surface area contributed by atoms with E-state index < -0.39 is 49.1 Å². The van der Waals surface area contributed by atoms with Crippen molar-refractivity contribution >= 4 is 55.6 Å². The second kappa shape index (κ2) is 10.0. The maximum absolute atomic E-state index is 10.6. The first-order chi connectivity index (χ1) is 18.3. The molecule has 4 aromatic heterocycles. The van der Waals surface area contributed by atoms with E-state index in [-0.39, 0.29) is 11.6 Å². The molecule has 18 heteroatoms. The zero-order chi connectivity index (χ0) is 26.6. The third-order valence-corrected chi connectivity index (χ3v) is 8.96. The van der Waals surface area contributed by atoms with Crippen LogP contribution in [0.5, 0.6) is 0 Å². The number of fused-ring (bicyclic) bond motifs is 2. The SMILES string of the molecule is Nc1ncnc2c1ncn2[C@@H]1O[C@H](CSSC[C@H]2O[C@@H](n3cnc4c(N)ncnc43)[C@H](O)[C@H]2O)[C@H](O)[C@H]1O. The molecule has 4 aromatic rings. The highest BCUT2D eigenvalue weighted by molar-refractivity contribution is 8.76. The Balaban J connectivity index is 1.05. The minimum atomic E-state index is -1.21. The molecule has 6 heterocycles. The number of imidazole rings is 2. The monoisotopic (exact) mass is 564 g/mol. The van der Waals surface area contributed by atoms with Crippen molar-refractivity contribution in [2.45, 2.75) is 49.1 Å². The minimum Gasteiger partial charge on any atom is -0.387 e. The molecule has 0 saturated carbocycles. The van der Waals surface area contributed by atoms with Crippen LogP contribution in [0.4, 0.5) is 11.6 Å². The summed E-state index contributed by atoms with van der Waals surface area (Å²) in [5.74, 6) is 1.07. The molecule has 0 spiro atoms. The van der Waals surface area contributed by atoms with Crippen molar-refractivity contribution in [3.63, 3.8) is 0 Å². The number of ether oxygens (including phenoxy) is 2. The molecule has 202 valence electrons. The summed E-state index contributed by atoms with van der Waals surface area (Å²) in [5, 5.41) is 42.4. The number of aliphatic hydroxyl groups is 4. The summed E-state index contributed by atoms with van der Waals surface area (Å²) in [7, 11) is 2.75. The number of aliphatic hydroxyl groups excluding tert-OH is 4. The number of hydrogen-bond acceptors (Lipinski definition) is 16. The van der Waals surface area contributed by atoms with Gasteiger partial charge in [-0.05, 0) is 0 Å². The first kappa shape index (κ1) is 25.4. The van der Waals surface area contributed by atoms with Crippen LogP contribution in [0.25, 0.3) is 22.3 Å². The van der Waals surface area contributed by atoms with Crippen LogP contribution in [0.3, 0.4) is 0 Å². The molecular formula is C20H24N10O6S2. The van der Waals surface area contributed by atoms with Gasteiger partial charge >= 0.3 is 0 Å². The first-order valence-corrected chi connectivity index (χ1v) is 14.0. The zero-order valence-corrected chi connectivity index (χ0v) is 21.1. The van der Waals surface area contributed by atoms with Gasteiger partial charge in [0.25, 0.3) is 0 Å². The van der Waals surface area contributed by atoms with E-state index in [0.29, 0.717) is 33.8 Å². The second-order valence-corrected chi connectivity index (χ2v) is 11.4. The van der Waals surface area contributed by atoms with Crippen LogP contribution < -0.4 is 11.5 Å². The fraction of sp³-hybridized carbons (Fsp3) is 0.500. The molecule has 38 heavy (non-hydrogen) atoms.